The quantitative estimate of drug-likeness (QED) is 0.240. The second kappa shape index (κ2) is 9.44. The van der Waals surface area contributed by atoms with Gasteiger partial charge in [-0.15, -0.1) is 0 Å². The molecule has 0 fully saturated rings. The summed E-state index contributed by atoms with van der Waals surface area (Å²) in [6.07, 6.45) is -4.96. The number of aliphatic hydroxyl groups excluding tert-OH is 4. The summed E-state index contributed by atoms with van der Waals surface area (Å²) >= 11 is 0. The van der Waals surface area contributed by atoms with Gasteiger partial charge in [-0.3, -0.25) is 4.79 Å². The first-order chi connectivity index (χ1) is 8.18. The molecule has 0 bridgehead atoms. The van der Waals surface area contributed by atoms with Crippen molar-refractivity contribution in [2.45, 2.75) is 18.3 Å². The van der Waals surface area contributed by atoms with Crippen LogP contribution >= 0.6 is 0 Å². The lowest BCUT2D eigenvalue weighted by atomic mass is 10.1. The number of aliphatic carboxylic acids is 2. The van der Waals surface area contributed by atoms with Crippen molar-refractivity contribution in [3.8, 4) is 0 Å². The van der Waals surface area contributed by atoms with E-state index >= 15 is 0 Å². The third-order valence-corrected chi connectivity index (χ3v) is 1.62. The number of hydrogen-bond acceptors (Lipinski definition) is 8. The lowest BCUT2D eigenvalue weighted by Gasteiger charge is -2.19. The van der Waals surface area contributed by atoms with Crippen LogP contribution in [0, 0.1) is 0 Å². The molecule has 8 N–H and O–H groups in total. The molecule has 0 saturated carbocycles. The van der Waals surface area contributed by atoms with Crippen LogP contribution in [0.1, 0.15) is 0 Å². The topological polar surface area (TPSA) is 199 Å². The summed E-state index contributed by atoms with van der Waals surface area (Å²) in [4.78, 5) is 28.8. The molecular weight excluding hydrogens is 254 g/mol. The van der Waals surface area contributed by atoms with Crippen molar-refractivity contribution in [2.24, 2.45) is 5.73 Å². The van der Waals surface area contributed by atoms with Crippen molar-refractivity contribution in [3.05, 3.63) is 0 Å². The third-order valence-electron chi connectivity index (χ3n) is 1.62. The van der Waals surface area contributed by atoms with Gasteiger partial charge in [0.15, 0.2) is 5.78 Å². The molecule has 10 heteroatoms. The van der Waals surface area contributed by atoms with Gasteiger partial charge in [-0.2, -0.15) is 0 Å². The van der Waals surface area contributed by atoms with Crippen LogP contribution in [0.2, 0.25) is 0 Å². The molecule has 18 heavy (non-hydrogen) atoms. The van der Waals surface area contributed by atoms with E-state index in [0.717, 1.165) is 0 Å². The Morgan fingerprint density at radius 1 is 1.00 bits per heavy atom. The highest BCUT2D eigenvalue weighted by Crippen LogP contribution is 2.00. The van der Waals surface area contributed by atoms with E-state index in [1.807, 2.05) is 0 Å². The zero-order chi connectivity index (χ0) is 14.9. The fraction of sp³-hybridized carbons (Fsp3) is 0.625. The largest absolute Gasteiger partial charge is 0.473 e. The lowest BCUT2D eigenvalue weighted by molar-refractivity contribution is -0.159. The van der Waals surface area contributed by atoms with E-state index in [2.05, 4.69) is 0 Å². The molecule has 0 aliphatic heterocycles. The highest BCUT2D eigenvalue weighted by molar-refractivity contribution is 6.27. The standard InChI is InChI=1S/C6H13NO5.C2H2O4/c7-1-3(9)5(11)6(12)4(10)2-8;3-1(4)2(5)6/h4-6,8,10-12H,1-2,7H2;(H,3,4)(H,5,6)/t4-,5-,6-;/m1./s1. The zero-order valence-corrected chi connectivity index (χ0v) is 9.13. The first-order valence-corrected chi connectivity index (χ1v) is 4.53. The van der Waals surface area contributed by atoms with Gasteiger partial charge in [0, 0.05) is 0 Å². The monoisotopic (exact) mass is 269 g/mol. The Morgan fingerprint density at radius 2 is 1.39 bits per heavy atom. The Labute approximate surface area is 101 Å². The average Bonchev–Trinajstić information content (AvgIpc) is 2.35. The maximum Gasteiger partial charge on any atom is 0.414 e. The van der Waals surface area contributed by atoms with Crippen molar-refractivity contribution < 1.29 is 45.0 Å². The van der Waals surface area contributed by atoms with E-state index in [0.29, 0.717) is 0 Å². The molecular formula is C8H15NO9. The predicted octanol–water partition coefficient (Wildman–Crippen LogP) is -4.26. The normalized spacial score (nSPS) is 14.7. The fourth-order valence-corrected chi connectivity index (χ4v) is 0.630. The summed E-state index contributed by atoms with van der Waals surface area (Å²) in [6, 6.07) is 0. The number of carboxylic acid groups (broad SMARTS) is 2. The van der Waals surface area contributed by atoms with Crippen LogP contribution < -0.4 is 5.73 Å². The van der Waals surface area contributed by atoms with Crippen LogP contribution in [0.15, 0.2) is 0 Å². The number of carbonyl (C=O) groups excluding carboxylic acids is 1. The van der Waals surface area contributed by atoms with Gasteiger partial charge in [-0.25, -0.2) is 9.59 Å². The van der Waals surface area contributed by atoms with Gasteiger partial charge in [0.05, 0.1) is 13.2 Å². The van der Waals surface area contributed by atoms with E-state index in [1.54, 1.807) is 0 Å². The SMILES string of the molecule is NCC(=O)[C@@H](O)[C@H](O)[C@H](O)CO.O=C(O)C(=O)O. The average molecular weight is 269 g/mol. The summed E-state index contributed by atoms with van der Waals surface area (Å²) < 4.78 is 0. The van der Waals surface area contributed by atoms with Gasteiger partial charge in [0.1, 0.15) is 18.3 Å². The second-order valence-electron chi connectivity index (χ2n) is 2.97. The molecule has 0 radical (unpaired) electrons. The predicted molar refractivity (Wildman–Crippen MR) is 54.4 cm³/mol. The van der Waals surface area contributed by atoms with Crippen LogP contribution in [-0.2, 0) is 14.4 Å². The van der Waals surface area contributed by atoms with Gasteiger partial charge in [-0.05, 0) is 0 Å². The van der Waals surface area contributed by atoms with Gasteiger partial charge in [0.25, 0.3) is 0 Å². The molecule has 0 aromatic rings. The minimum Gasteiger partial charge on any atom is -0.473 e. The number of nitrogens with two attached hydrogens (primary N) is 1. The molecule has 0 aromatic heterocycles. The van der Waals surface area contributed by atoms with Gasteiger partial charge in [-0.1, -0.05) is 0 Å². The number of rotatable bonds is 5. The molecule has 3 atom stereocenters. The summed E-state index contributed by atoms with van der Waals surface area (Å²) in [7, 11) is 0. The van der Waals surface area contributed by atoms with E-state index in [1.165, 1.54) is 0 Å². The molecule has 10 nitrogen and oxygen atoms in total. The Balaban J connectivity index is 0. The van der Waals surface area contributed by atoms with Crippen LogP contribution in [0.25, 0.3) is 0 Å². The minimum atomic E-state index is -1.82. The number of aliphatic hydroxyl groups is 4. The number of carbonyl (C=O) groups is 3. The molecule has 0 saturated heterocycles. The highest BCUT2D eigenvalue weighted by atomic mass is 16.4. The Hall–Kier alpha value is -1.59. The van der Waals surface area contributed by atoms with Crippen molar-refractivity contribution in [3.63, 3.8) is 0 Å². The van der Waals surface area contributed by atoms with Crippen LogP contribution in [0.3, 0.4) is 0 Å². The molecule has 0 unspecified atom stereocenters. The molecule has 0 amide bonds. The number of ketones is 1. The molecule has 0 rings (SSSR count). The maximum absolute atomic E-state index is 10.6. The van der Waals surface area contributed by atoms with Gasteiger partial charge in [0.2, 0.25) is 0 Å². The van der Waals surface area contributed by atoms with Crippen molar-refractivity contribution in [1.82, 2.24) is 0 Å². The van der Waals surface area contributed by atoms with E-state index in [4.69, 9.17) is 46.0 Å². The third kappa shape index (κ3) is 7.65. The number of Topliss-reactive ketones (excluding diaryl/α,β-unsaturated/α-hetero) is 1. The maximum atomic E-state index is 10.6. The smallest absolute Gasteiger partial charge is 0.414 e. The first-order valence-electron chi connectivity index (χ1n) is 4.53. The first kappa shape index (κ1) is 18.8. The summed E-state index contributed by atoms with van der Waals surface area (Å²) in [5.74, 6) is -4.43. The van der Waals surface area contributed by atoms with Crippen LogP contribution in [-0.4, -0.2) is 79.8 Å². The second-order valence-corrected chi connectivity index (χ2v) is 2.97. The van der Waals surface area contributed by atoms with Crippen molar-refractivity contribution in [2.75, 3.05) is 13.2 Å². The summed E-state index contributed by atoms with van der Waals surface area (Å²) in [6.45, 7) is -1.15. The molecule has 0 spiro atoms. The van der Waals surface area contributed by atoms with E-state index < -0.39 is 49.2 Å². The van der Waals surface area contributed by atoms with Crippen LogP contribution in [0.5, 0.6) is 0 Å². The van der Waals surface area contributed by atoms with Crippen LogP contribution in [0.4, 0.5) is 0 Å². The Bertz CT molecular complexity index is 280. The number of carboxylic acids is 2. The Morgan fingerprint density at radius 3 is 1.61 bits per heavy atom. The van der Waals surface area contributed by atoms with Gasteiger partial charge >= 0.3 is 11.9 Å². The van der Waals surface area contributed by atoms with Crippen molar-refractivity contribution >= 4 is 17.7 Å². The highest BCUT2D eigenvalue weighted by Gasteiger charge is 2.28. The lowest BCUT2D eigenvalue weighted by Crippen LogP contribution is -2.45. The molecule has 0 aromatic carbocycles. The van der Waals surface area contributed by atoms with E-state index in [9.17, 15) is 4.79 Å². The van der Waals surface area contributed by atoms with Crippen molar-refractivity contribution in [1.29, 1.82) is 0 Å². The van der Waals surface area contributed by atoms with Gasteiger partial charge < -0.3 is 36.4 Å². The molecule has 0 aliphatic rings. The molecule has 106 valence electrons. The van der Waals surface area contributed by atoms with E-state index in [-0.39, 0.29) is 0 Å². The Kier molecular flexibility index (Phi) is 9.84. The summed E-state index contributed by atoms with van der Waals surface area (Å²) in [5, 5.41) is 49.8. The zero-order valence-electron chi connectivity index (χ0n) is 9.13. The molecule has 0 aliphatic carbocycles. The molecule has 0 heterocycles. The summed E-state index contributed by atoms with van der Waals surface area (Å²) in [5.41, 5.74) is 4.89. The minimum absolute atomic E-state index is 0.420. The fourth-order valence-electron chi connectivity index (χ4n) is 0.630. The number of hydrogen-bond donors (Lipinski definition) is 7.